The average molecular weight is 621 g/mol. The number of Topliss-reactive ketones (excluding diaryl/α,β-unsaturated/α-hetero) is 1. The van der Waals surface area contributed by atoms with Crippen LogP contribution in [-0.4, -0.2) is 71.8 Å². The van der Waals surface area contributed by atoms with Gasteiger partial charge in [-0.3, -0.25) is 19.2 Å². The molecule has 10 nitrogen and oxygen atoms in total. The lowest BCUT2D eigenvalue weighted by molar-refractivity contribution is -0.144. The molecule has 1 saturated heterocycles. The Balaban J connectivity index is 1.59. The summed E-state index contributed by atoms with van der Waals surface area (Å²) in [6.45, 7) is 17.6. The fourth-order valence-corrected chi connectivity index (χ4v) is 6.89. The van der Waals surface area contributed by atoms with Crippen molar-refractivity contribution < 1.29 is 28.7 Å². The zero-order valence-electron chi connectivity index (χ0n) is 27.1. The molecule has 6 atom stereocenters. The van der Waals surface area contributed by atoms with Crippen LogP contribution in [-0.2, 0) is 36.8 Å². The van der Waals surface area contributed by atoms with Crippen LogP contribution in [0, 0.1) is 29.1 Å². The van der Waals surface area contributed by atoms with Crippen molar-refractivity contribution in [3.8, 4) is 0 Å². The first kappa shape index (κ1) is 33.9. The molecule has 6 unspecified atom stereocenters. The molecule has 1 aromatic carbocycles. The van der Waals surface area contributed by atoms with Crippen molar-refractivity contribution in [2.75, 3.05) is 13.1 Å². The third kappa shape index (κ3) is 7.31. The van der Waals surface area contributed by atoms with Crippen LogP contribution in [0.5, 0.6) is 0 Å². The molecule has 2 aliphatic carbocycles. The van der Waals surface area contributed by atoms with Gasteiger partial charge in [-0.25, -0.2) is 4.79 Å². The molecule has 3 N–H and O–H groups in total. The molecule has 1 aromatic rings. The zero-order valence-corrected chi connectivity index (χ0v) is 27.1. The maximum absolute atomic E-state index is 14.5. The Labute approximate surface area is 266 Å². The van der Waals surface area contributed by atoms with Crippen LogP contribution in [0.15, 0.2) is 49.6 Å². The lowest BCUT2D eigenvalue weighted by Gasteiger charge is -2.35. The van der Waals surface area contributed by atoms with Crippen molar-refractivity contribution in [2.45, 2.75) is 84.5 Å². The Morgan fingerprint density at radius 3 is 2.24 bits per heavy atom. The number of piperidine rings is 1. The Morgan fingerprint density at radius 1 is 1.02 bits per heavy atom. The van der Waals surface area contributed by atoms with E-state index in [9.17, 15) is 24.0 Å². The highest BCUT2D eigenvalue weighted by atomic mass is 16.6. The number of benzene rings is 1. The second-order valence-corrected chi connectivity index (χ2v) is 13.6. The van der Waals surface area contributed by atoms with Gasteiger partial charge in [0.05, 0.1) is 6.04 Å². The molecule has 1 heterocycles. The highest BCUT2D eigenvalue weighted by Gasteiger charge is 2.69. The van der Waals surface area contributed by atoms with Gasteiger partial charge in [0.25, 0.3) is 5.91 Å². The summed E-state index contributed by atoms with van der Waals surface area (Å²) in [5, 5.41) is 8.16. The zero-order chi connectivity index (χ0) is 33.1. The van der Waals surface area contributed by atoms with Crippen LogP contribution in [0.4, 0.5) is 4.79 Å². The summed E-state index contributed by atoms with van der Waals surface area (Å²) in [6, 6.07) is 5.14. The lowest BCUT2D eigenvalue weighted by atomic mass is 9.93. The number of amides is 4. The van der Waals surface area contributed by atoms with Crippen LogP contribution < -0.4 is 16.0 Å². The number of allylic oxidation sites excluding steroid dienone is 1. The minimum absolute atomic E-state index is 0.0877. The van der Waals surface area contributed by atoms with E-state index >= 15 is 0 Å². The summed E-state index contributed by atoms with van der Waals surface area (Å²) < 4.78 is 5.61. The van der Waals surface area contributed by atoms with E-state index in [0.717, 1.165) is 11.1 Å². The number of carbonyl (C=O) groups is 5. The highest BCUT2D eigenvalue weighted by Crippen LogP contribution is 2.65. The summed E-state index contributed by atoms with van der Waals surface area (Å²) in [5.74, 6) is -2.57. The average Bonchev–Trinajstić information content (AvgIpc) is 3.37. The van der Waals surface area contributed by atoms with Crippen molar-refractivity contribution in [3.63, 3.8) is 0 Å². The Bertz CT molecular complexity index is 1310. The molecule has 0 bridgehead atoms. The van der Waals surface area contributed by atoms with Crippen LogP contribution in [0.25, 0.3) is 0 Å². The van der Waals surface area contributed by atoms with E-state index in [4.69, 9.17) is 4.74 Å². The lowest BCUT2D eigenvalue weighted by Crippen LogP contribution is -2.59. The first-order valence-electron chi connectivity index (χ1n) is 16.0. The van der Waals surface area contributed by atoms with Gasteiger partial charge in [-0.1, -0.05) is 64.1 Å². The quantitative estimate of drug-likeness (QED) is 0.216. The Hall–Kier alpha value is -3.95. The van der Waals surface area contributed by atoms with Gasteiger partial charge >= 0.3 is 6.09 Å². The molecule has 244 valence electrons. The van der Waals surface area contributed by atoms with Gasteiger partial charge in [0, 0.05) is 13.1 Å². The second-order valence-electron chi connectivity index (χ2n) is 13.6. The van der Waals surface area contributed by atoms with Crippen molar-refractivity contribution in [1.29, 1.82) is 0 Å². The predicted molar refractivity (Wildman–Crippen MR) is 171 cm³/mol. The summed E-state index contributed by atoms with van der Waals surface area (Å²) in [5.41, 5.74) is 2.08. The fraction of sp³-hybridized carbons (Fsp3) is 0.571. The molecule has 10 heteroatoms. The number of hydrogen-bond acceptors (Lipinski definition) is 6. The number of likely N-dealkylation sites (tertiary alicyclic amines) is 1. The number of nitrogens with one attached hydrogen (secondary N) is 3. The molecule has 45 heavy (non-hydrogen) atoms. The van der Waals surface area contributed by atoms with Crippen LogP contribution in [0.2, 0.25) is 0 Å². The van der Waals surface area contributed by atoms with Crippen LogP contribution >= 0.6 is 0 Å². The number of rotatable bonds is 14. The largest absolute Gasteiger partial charge is 0.446 e. The Kier molecular flexibility index (Phi) is 10.6. The molecular formula is C35H48N4O6. The first-order chi connectivity index (χ1) is 21.3. The predicted octanol–water partition coefficient (Wildman–Crippen LogP) is 3.35. The van der Waals surface area contributed by atoms with Gasteiger partial charge in [0.1, 0.15) is 18.2 Å². The van der Waals surface area contributed by atoms with Gasteiger partial charge in [0.15, 0.2) is 0 Å². The van der Waals surface area contributed by atoms with E-state index in [1.807, 2.05) is 45.0 Å². The standard InChI is InChI=1S/C35H48N4O6/c1-8-10-15-26(30(40)32(42)36-16-9-2)37-31(41)29-27-25(35(27,6)7)19-39(29)33(43)28(38-34(44)45-21(5)20(3)4)24-17-22-13-11-12-14-23(22)18-24/h8-9,11-14,20-21,24-29H,1-2,10,15-19H2,3-7H3,(H,36,42)(H,37,41)(H,38,44). The minimum atomic E-state index is -1.08. The maximum Gasteiger partial charge on any atom is 0.408 e. The highest BCUT2D eigenvalue weighted by molar-refractivity contribution is 6.38. The summed E-state index contributed by atoms with van der Waals surface area (Å²) in [6.07, 6.45) is 3.87. The van der Waals surface area contributed by atoms with E-state index in [-0.39, 0.29) is 54.1 Å². The number of nitrogens with zero attached hydrogens (tertiary/aromatic N) is 1. The van der Waals surface area contributed by atoms with E-state index in [0.29, 0.717) is 25.8 Å². The number of carbonyl (C=O) groups excluding carboxylic acids is 5. The number of ketones is 1. The van der Waals surface area contributed by atoms with Gasteiger partial charge in [0.2, 0.25) is 17.6 Å². The van der Waals surface area contributed by atoms with E-state index in [2.05, 4.69) is 43.0 Å². The molecule has 4 rings (SSSR count). The van der Waals surface area contributed by atoms with Gasteiger partial charge in [-0.05, 0) is 72.8 Å². The smallest absolute Gasteiger partial charge is 0.408 e. The van der Waals surface area contributed by atoms with E-state index in [1.54, 1.807) is 11.0 Å². The molecule has 1 aliphatic heterocycles. The molecular weight excluding hydrogens is 572 g/mol. The summed E-state index contributed by atoms with van der Waals surface area (Å²) >= 11 is 0. The number of alkyl carbamates (subject to hydrolysis) is 1. The molecule has 3 aliphatic rings. The third-order valence-corrected chi connectivity index (χ3v) is 10.0. The van der Waals surface area contributed by atoms with Crippen molar-refractivity contribution in [2.24, 2.45) is 29.1 Å². The van der Waals surface area contributed by atoms with Crippen molar-refractivity contribution in [1.82, 2.24) is 20.9 Å². The SMILES string of the molecule is C=CCCC(NC(=O)C1C2C(CN1C(=O)C(NC(=O)OC(C)C(C)C)C1Cc3ccccc3C1)C2(C)C)C(=O)C(=O)NCC=C. The molecule has 1 saturated carbocycles. The normalized spacial score (nSPS) is 23.2. The van der Waals surface area contributed by atoms with Crippen LogP contribution in [0.3, 0.4) is 0 Å². The molecule has 4 amide bonds. The van der Waals surface area contributed by atoms with Crippen molar-refractivity contribution >= 4 is 29.6 Å². The third-order valence-electron chi connectivity index (χ3n) is 10.0. The summed E-state index contributed by atoms with van der Waals surface area (Å²) in [4.78, 5) is 68.7. The topological polar surface area (TPSA) is 134 Å². The number of hydrogen-bond donors (Lipinski definition) is 3. The Morgan fingerprint density at radius 2 is 1.67 bits per heavy atom. The second kappa shape index (κ2) is 14.0. The van der Waals surface area contributed by atoms with Gasteiger partial charge in [-0.15, -0.1) is 13.2 Å². The van der Waals surface area contributed by atoms with Crippen molar-refractivity contribution in [3.05, 3.63) is 60.7 Å². The number of fused-ring (bicyclic) bond motifs is 2. The van der Waals surface area contributed by atoms with Crippen LogP contribution in [0.1, 0.15) is 58.6 Å². The molecule has 2 fully saturated rings. The fourth-order valence-electron chi connectivity index (χ4n) is 6.89. The molecule has 0 aromatic heterocycles. The van der Waals surface area contributed by atoms with E-state index in [1.165, 1.54) is 6.08 Å². The van der Waals surface area contributed by atoms with Gasteiger partial charge < -0.3 is 25.6 Å². The van der Waals surface area contributed by atoms with Gasteiger partial charge in [-0.2, -0.15) is 0 Å². The molecule has 0 radical (unpaired) electrons. The number of ether oxygens (including phenoxy) is 1. The first-order valence-corrected chi connectivity index (χ1v) is 16.0. The van der Waals surface area contributed by atoms with E-state index < -0.39 is 41.8 Å². The molecule has 0 spiro atoms. The minimum Gasteiger partial charge on any atom is -0.446 e. The monoisotopic (exact) mass is 620 g/mol. The summed E-state index contributed by atoms with van der Waals surface area (Å²) in [7, 11) is 0. The maximum atomic E-state index is 14.5.